The first kappa shape index (κ1) is 9.69. The number of rotatable bonds is 1. The van der Waals surface area contributed by atoms with Gasteiger partial charge in [0.05, 0.1) is 11.3 Å². The molecule has 1 atom stereocenters. The number of nitriles is 1. The van der Waals surface area contributed by atoms with E-state index in [4.69, 9.17) is 10.7 Å². The Balaban J connectivity index is 2.38. The van der Waals surface area contributed by atoms with Gasteiger partial charge in [-0.3, -0.25) is 10.4 Å². The minimum absolute atomic E-state index is 0.254. The highest BCUT2D eigenvalue weighted by atomic mass is 15.6. The van der Waals surface area contributed by atoms with E-state index < -0.39 is 0 Å². The molecule has 0 aromatic heterocycles. The first-order valence-electron chi connectivity index (χ1n) is 4.85. The largest absolute Gasteiger partial charge is 0.287 e. The van der Waals surface area contributed by atoms with Crippen LogP contribution in [-0.2, 0) is 0 Å². The second-order valence-electron chi connectivity index (χ2n) is 3.65. The molecule has 2 N–H and O–H groups in total. The molecule has 1 aliphatic rings. The van der Waals surface area contributed by atoms with Crippen molar-refractivity contribution in [2.24, 2.45) is 0 Å². The van der Waals surface area contributed by atoms with Gasteiger partial charge < -0.3 is 0 Å². The first-order chi connectivity index (χ1) is 7.22. The number of para-hydroxylation sites is 1. The number of hydrogen-bond acceptors (Lipinski definition) is 3. The third-order valence-electron chi connectivity index (χ3n) is 2.38. The minimum Gasteiger partial charge on any atom is -0.287 e. The van der Waals surface area contributed by atoms with Crippen LogP contribution in [-0.4, -0.2) is 11.9 Å². The molecule has 0 aliphatic carbocycles. The van der Waals surface area contributed by atoms with Crippen molar-refractivity contribution in [1.82, 2.24) is 5.43 Å². The molecular formula is C11H12N4. The van der Waals surface area contributed by atoms with Crippen molar-refractivity contribution in [3.63, 3.8) is 0 Å². The van der Waals surface area contributed by atoms with Gasteiger partial charge >= 0.3 is 0 Å². The normalized spacial score (nSPS) is 20.4. The highest BCUT2D eigenvalue weighted by Gasteiger charge is 2.25. The molecule has 0 spiro atoms. The molecule has 76 valence electrons. The Bertz CT molecular complexity index is 432. The molecule has 4 nitrogen and oxygen atoms in total. The van der Waals surface area contributed by atoms with Gasteiger partial charge in [-0.2, -0.15) is 5.26 Å². The van der Waals surface area contributed by atoms with E-state index in [-0.39, 0.29) is 6.04 Å². The lowest BCUT2D eigenvalue weighted by Gasteiger charge is -2.19. The second kappa shape index (κ2) is 3.71. The van der Waals surface area contributed by atoms with E-state index in [0.29, 0.717) is 17.8 Å². The van der Waals surface area contributed by atoms with Crippen LogP contribution in [0.5, 0.6) is 0 Å². The van der Waals surface area contributed by atoms with Crippen LogP contribution in [0.25, 0.3) is 0 Å². The minimum atomic E-state index is 0.254. The SMILES string of the molecule is CC1CC(=N)N(c2ccccc2C#N)N1. The fraction of sp³-hybridized carbons (Fsp3) is 0.273. The van der Waals surface area contributed by atoms with Crippen LogP contribution in [0.15, 0.2) is 24.3 Å². The van der Waals surface area contributed by atoms with Gasteiger partial charge in [0.25, 0.3) is 0 Å². The molecule has 1 heterocycles. The number of anilines is 1. The maximum Gasteiger partial charge on any atom is 0.117 e. The molecule has 0 amide bonds. The van der Waals surface area contributed by atoms with Crippen LogP contribution in [0.3, 0.4) is 0 Å². The lowest BCUT2D eigenvalue weighted by atomic mass is 10.2. The van der Waals surface area contributed by atoms with Gasteiger partial charge in [-0.15, -0.1) is 0 Å². The number of amidine groups is 1. The molecule has 1 saturated heterocycles. The summed E-state index contributed by atoms with van der Waals surface area (Å²) < 4.78 is 0. The van der Waals surface area contributed by atoms with E-state index in [9.17, 15) is 0 Å². The topological polar surface area (TPSA) is 62.9 Å². The fourth-order valence-corrected chi connectivity index (χ4v) is 1.70. The van der Waals surface area contributed by atoms with Gasteiger partial charge in [0.15, 0.2) is 0 Å². The molecule has 0 saturated carbocycles. The van der Waals surface area contributed by atoms with Crippen LogP contribution in [0.1, 0.15) is 18.9 Å². The summed E-state index contributed by atoms with van der Waals surface area (Å²) in [6.45, 7) is 2.02. The average molecular weight is 200 g/mol. The smallest absolute Gasteiger partial charge is 0.117 e. The molecule has 1 fully saturated rings. The summed E-state index contributed by atoms with van der Waals surface area (Å²) in [5.41, 5.74) is 4.50. The predicted octanol–water partition coefficient (Wildman–Crippen LogP) is 1.64. The van der Waals surface area contributed by atoms with Crippen LogP contribution in [0, 0.1) is 16.7 Å². The van der Waals surface area contributed by atoms with Crippen molar-refractivity contribution >= 4 is 11.5 Å². The fourth-order valence-electron chi connectivity index (χ4n) is 1.70. The Morgan fingerprint density at radius 2 is 2.27 bits per heavy atom. The summed E-state index contributed by atoms with van der Waals surface area (Å²) in [4.78, 5) is 0. The zero-order chi connectivity index (χ0) is 10.8. The molecule has 0 bridgehead atoms. The van der Waals surface area contributed by atoms with E-state index in [1.807, 2.05) is 25.1 Å². The van der Waals surface area contributed by atoms with Gasteiger partial charge in [0, 0.05) is 12.5 Å². The lowest BCUT2D eigenvalue weighted by molar-refractivity contribution is 0.642. The quantitative estimate of drug-likeness (QED) is 0.724. The van der Waals surface area contributed by atoms with E-state index in [1.54, 1.807) is 11.1 Å². The maximum absolute atomic E-state index is 8.96. The highest BCUT2D eigenvalue weighted by molar-refractivity contribution is 5.98. The molecule has 1 aromatic carbocycles. The predicted molar refractivity (Wildman–Crippen MR) is 58.6 cm³/mol. The van der Waals surface area contributed by atoms with Gasteiger partial charge in [0.2, 0.25) is 0 Å². The Morgan fingerprint density at radius 1 is 1.53 bits per heavy atom. The summed E-state index contributed by atoms with van der Waals surface area (Å²) in [6.07, 6.45) is 0.694. The van der Waals surface area contributed by atoms with Crippen molar-refractivity contribution in [3.05, 3.63) is 29.8 Å². The number of hydrogen-bond donors (Lipinski definition) is 2. The molecule has 4 heteroatoms. The lowest BCUT2D eigenvalue weighted by Crippen LogP contribution is -2.36. The van der Waals surface area contributed by atoms with E-state index in [1.165, 1.54) is 0 Å². The molecular weight excluding hydrogens is 188 g/mol. The Kier molecular flexibility index (Phi) is 2.40. The van der Waals surface area contributed by atoms with Gasteiger partial charge in [-0.05, 0) is 19.1 Å². The summed E-state index contributed by atoms with van der Waals surface area (Å²) in [5.74, 6) is 0.505. The third-order valence-corrected chi connectivity index (χ3v) is 2.38. The van der Waals surface area contributed by atoms with Gasteiger partial charge in [-0.1, -0.05) is 12.1 Å². The molecule has 0 radical (unpaired) electrons. The van der Waals surface area contributed by atoms with Crippen LogP contribution >= 0.6 is 0 Å². The van der Waals surface area contributed by atoms with Crippen molar-refractivity contribution in [1.29, 1.82) is 10.7 Å². The Labute approximate surface area is 88.6 Å². The van der Waals surface area contributed by atoms with Gasteiger partial charge in [0.1, 0.15) is 11.9 Å². The zero-order valence-corrected chi connectivity index (χ0v) is 8.49. The highest BCUT2D eigenvalue weighted by Crippen LogP contribution is 2.22. The molecule has 15 heavy (non-hydrogen) atoms. The maximum atomic E-state index is 8.96. The monoisotopic (exact) mass is 200 g/mol. The summed E-state index contributed by atoms with van der Waals surface area (Å²) >= 11 is 0. The summed E-state index contributed by atoms with van der Waals surface area (Å²) in [6, 6.07) is 9.68. The summed E-state index contributed by atoms with van der Waals surface area (Å²) in [7, 11) is 0. The van der Waals surface area contributed by atoms with Crippen molar-refractivity contribution in [2.75, 3.05) is 5.01 Å². The van der Waals surface area contributed by atoms with Crippen molar-refractivity contribution < 1.29 is 0 Å². The summed E-state index contributed by atoms with van der Waals surface area (Å²) in [5, 5.41) is 18.4. The standard InChI is InChI=1S/C11H12N4/c1-8-6-11(13)15(14-8)10-5-3-2-4-9(10)7-12/h2-5,8,13-14H,6H2,1H3. The van der Waals surface area contributed by atoms with Crippen LogP contribution in [0.4, 0.5) is 5.69 Å². The molecule has 1 aromatic rings. The zero-order valence-electron chi connectivity index (χ0n) is 8.49. The van der Waals surface area contributed by atoms with E-state index in [2.05, 4.69) is 11.5 Å². The number of nitrogens with zero attached hydrogens (tertiary/aromatic N) is 2. The first-order valence-corrected chi connectivity index (χ1v) is 4.85. The molecule has 1 unspecified atom stereocenters. The van der Waals surface area contributed by atoms with Gasteiger partial charge in [-0.25, -0.2) is 5.43 Å². The average Bonchev–Trinajstić information content (AvgIpc) is 2.57. The Hall–Kier alpha value is -1.86. The third kappa shape index (κ3) is 1.69. The van der Waals surface area contributed by atoms with Crippen LogP contribution in [0.2, 0.25) is 0 Å². The second-order valence-corrected chi connectivity index (χ2v) is 3.65. The van der Waals surface area contributed by atoms with Crippen molar-refractivity contribution in [3.8, 4) is 6.07 Å². The van der Waals surface area contributed by atoms with E-state index in [0.717, 1.165) is 5.69 Å². The molecule has 1 aliphatic heterocycles. The number of benzene rings is 1. The number of hydrazine groups is 1. The van der Waals surface area contributed by atoms with Crippen LogP contribution < -0.4 is 10.4 Å². The van der Waals surface area contributed by atoms with E-state index >= 15 is 0 Å². The number of nitrogens with one attached hydrogen (secondary N) is 2. The molecule has 2 rings (SSSR count). The Morgan fingerprint density at radius 3 is 2.87 bits per heavy atom. The van der Waals surface area contributed by atoms with Crippen molar-refractivity contribution in [2.45, 2.75) is 19.4 Å².